The molecule has 1 heterocycles. The standard InChI is InChI=1S/C23H20FN2O2/c1-27-21-6-2-4-17(14-21)5-3-13-28-22-11-12-23-18(15-22)16-25-26(23)20-9-7-19(24)8-10-20/h2-4,6-12,14-16H,5,13H2,1H3. The van der Waals surface area contributed by atoms with Crippen LogP contribution < -0.4 is 9.47 Å². The first-order valence-electron chi connectivity index (χ1n) is 9.04. The maximum absolute atomic E-state index is 13.1. The van der Waals surface area contributed by atoms with Crippen molar-refractivity contribution in [1.29, 1.82) is 0 Å². The lowest BCUT2D eigenvalue weighted by Crippen LogP contribution is -2.00. The fourth-order valence-electron chi connectivity index (χ4n) is 3.07. The molecule has 0 spiro atoms. The number of benzene rings is 3. The van der Waals surface area contributed by atoms with E-state index in [4.69, 9.17) is 9.47 Å². The molecule has 4 nitrogen and oxygen atoms in total. The second kappa shape index (κ2) is 8.13. The number of aromatic nitrogens is 2. The number of methoxy groups -OCH3 is 1. The predicted octanol–water partition coefficient (Wildman–Crippen LogP) is 5.00. The van der Waals surface area contributed by atoms with Gasteiger partial charge >= 0.3 is 0 Å². The van der Waals surface area contributed by atoms with Gasteiger partial charge in [-0.15, -0.1) is 0 Å². The van der Waals surface area contributed by atoms with Crippen molar-refractivity contribution >= 4 is 10.9 Å². The third-order valence-electron chi connectivity index (χ3n) is 4.49. The molecule has 4 rings (SSSR count). The van der Waals surface area contributed by atoms with E-state index >= 15 is 0 Å². The van der Waals surface area contributed by atoms with E-state index < -0.39 is 0 Å². The fraction of sp³-hybridized carbons (Fsp3) is 0.130. The van der Waals surface area contributed by atoms with Gasteiger partial charge in [0.1, 0.15) is 17.3 Å². The Labute approximate surface area is 163 Å². The first-order valence-corrected chi connectivity index (χ1v) is 9.04. The zero-order chi connectivity index (χ0) is 19.3. The van der Waals surface area contributed by atoms with Crippen molar-refractivity contribution in [2.24, 2.45) is 0 Å². The number of ether oxygens (including phenoxy) is 2. The van der Waals surface area contributed by atoms with Crippen molar-refractivity contribution in [1.82, 2.24) is 9.78 Å². The van der Waals surface area contributed by atoms with E-state index in [0.29, 0.717) is 6.61 Å². The van der Waals surface area contributed by atoms with E-state index in [1.165, 1.54) is 17.7 Å². The molecule has 0 amide bonds. The molecule has 0 N–H and O–H groups in total. The van der Waals surface area contributed by atoms with E-state index in [-0.39, 0.29) is 5.82 Å². The maximum Gasteiger partial charge on any atom is 0.123 e. The van der Waals surface area contributed by atoms with Crippen LogP contribution in [-0.2, 0) is 6.42 Å². The Bertz CT molecular complexity index is 1070. The largest absolute Gasteiger partial charge is 0.497 e. The number of hydrogen-bond acceptors (Lipinski definition) is 3. The van der Waals surface area contributed by atoms with Crippen LogP contribution in [0.4, 0.5) is 4.39 Å². The van der Waals surface area contributed by atoms with Gasteiger partial charge in [-0.1, -0.05) is 12.1 Å². The highest BCUT2D eigenvalue weighted by atomic mass is 19.1. The van der Waals surface area contributed by atoms with Crippen LogP contribution in [0.1, 0.15) is 5.56 Å². The van der Waals surface area contributed by atoms with Crippen LogP contribution >= 0.6 is 0 Å². The summed E-state index contributed by atoms with van der Waals surface area (Å²) in [5.74, 6) is 1.38. The third-order valence-corrected chi connectivity index (χ3v) is 4.49. The Kier molecular flexibility index (Phi) is 5.24. The van der Waals surface area contributed by atoms with Crippen LogP contribution in [0, 0.1) is 12.2 Å². The smallest absolute Gasteiger partial charge is 0.123 e. The lowest BCUT2D eigenvalue weighted by molar-refractivity contribution is 0.347. The van der Waals surface area contributed by atoms with Gasteiger partial charge in [0.25, 0.3) is 0 Å². The number of nitrogens with zero attached hydrogens (tertiary/aromatic N) is 2. The molecule has 4 aromatic rings. The fourth-order valence-corrected chi connectivity index (χ4v) is 3.07. The minimum atomic E-state index is -0.263. The van der Waals surface area contributed by atoms with Gasteiger partial charge in [0.15, 0.2) is 0 Å². The summed E-state index contributed by atoms with van der Waals surface area (Å²) in [7, 11) is 1.67. The molecule has 3 aromatic carbocycles. The molecule has 0 aliphatic carbocycles. The van der Waals surface area contributed by atoms with Crippen LogP contribution in [0.5, 0.6) is 11.5 Å². The molecule has 0 aliphatic heterocycles. The summed E-state index contributed by atoms with van der Waals surface area (Å²) in [5, 5.41) is 5.38. The molecular formula is C23H20FN2O2. The molecule has 1 radical (unpaired) electrons. The Morgan fingerprint density at radius 2 is 1.86 bits per heavy atom. The van der Waals surface area contributed by atoms with E-state index in [1.807, 2.05) is 36.4 Å². The van der Waals surface area contributed by atoms with Crippen molar-refractivity contribution < 1.29 is 13.9 Å². The number of fused-ring (bicyclic) bond motifs is 1. The van der Waals surface area contributed by atoms with Crippen molar-refractivity contribution in [2.75, 3.05) is 13.7 Å². The average molecular weight is 375 g/mol. The second-order valence-electron chi connectivity index (χ2n) is 6.41. The summed E-state index contributed by atoms with van der Waals surface area (Å²) in [5.41, 5.74) is 2.94. The first kappa shape index (κ1) is 18.0. The third kappa shape index (κ3) is 3.98. The van der Waals surface area contributed by atoms with Gasteiger partial charge in [-0.25, -0.2) is 9.07 Å². The topological polar surface area (TPSA) is 36.3 Å². The van der Waals surface area contributed by atoms with Crippen molar-refractivity contribution in [2.45, 2.75) is 6.42 Å². The van der Waals surface area contributed by atoms with Crippen molar-refractivity contribution in [3.05, 3.63) is 90.7 Å². The van der Waals surface area contributed by atoms with Crippen LogP contribution in [0.3, 0.4) is 0 Å². The lowest BCUT2D eigenvalue weighted by Gasteiger charge is -2.08. The number of hydrogen-bond donors (Lipinski definition) is 0. The van der Waals surface area contributed by atoms with Gasteiger partial charge in [0.05, 0.1) is 31.1 Å². The zero-order valence-corrected chi connectivity index (χ0v) is 15.5. The van der Waals surface area contributed by atoms with Gasteiger partial charge in [-0.2, -0.15) is 5.10 Å². The van der Waals surface area contributed by atoms with Gasteiger partial charge < -0.3 is 9.47 Å². The molecule has 0 saturated carbocycles. The Hall–Kier alpha value is -3.34. The predicted molar refractivity (Wildman–Crippen MR) is 108 cm³/mol. The average Bonchev–Trinajstić information content (AvgIpc) is 3.15. The van der Waals surface area contributed by atoms with E-state index in [1.54, 1.807) is 30.1 Å². The highest BCUT2D eigenvalue weighted by molar-refractivity contribution is 5.81. The SMILES string of the molecule is COc1cccc(C[CH]COc2ccc3c(cnn3-c3ccc(F)cc3)c2)c1. The number of rotatable bonds is 7. The van der Waals surface area contributed by atoms with Gasteiger partial charge in [-0.05, 0) is 66.6 Å². The number of halogens is 1. The summed E-state index contributed by atoms with van der Waals surface area (Å²) in [4.78, 5) is 0. The Balaban J connectivity index is 1.39. The molecule has 0 fully saturated rings. The Morgan fingerprint density at radius 1 is 1.00 bits per heavy atom. The summed E-state index contributed by atoms with van der Waals surface area (Å²) in [6.45, 7) is 0.509. The van der Waals surface area contributed by atoms with Crippen molar-refractivity contribution in [3.63, 3.8) is 0 Å². The molecule has 5 heteroatoms. The summed E-state index contributed by atoms with van der Waals surface area (Å²) >= 11 is 0. The van der Waals surface area contributed by atoms with E-state index in [0.717, 1.165) is 34.5 Å². The summed E-state index contributed by atoms with van der Waals surface area (Å²) in [6, 6.07) is 20.1. The molecule has 28 heavy (non-hydrogen) atoms. The van der Waals surface area contributed by atoms with Crippen molar-refractivity contribution in [3.8, 4) is 17.2 Å². The summed E-state index contributed by atoms with van der Waals surface area (Å²) in [6.07, 6.45) is 4.67. The highest BCUT2D eigenvalue weighted by Crippen LogP contribution is 2.23. The first-order chi connectivity index (χ1) is 13.7. The maximum atomic E-state index is 13.1. The van der Waals surface area contributed by atoms with E-state index in [2.05, 4.69) is 17.6 Å². The molecule has 0 bridgehead atoms. The van der Waals surface area contributed by atoms with Gasteiger partial charge in [-0.3, -0.25) is 0 Å². The molecule has 0 saturated heterocycles. The minimum Gasteiger partial charge on any atom is -0.497 e. The second-order valence-corrected chi connectivity index (χ2v) is 6.41. The highest BCUT2D eigenvalue weighted by Gasteiger charge is 2.07. The minimum absolute atomic E-state index is 0.263. The van der Waals surface area contributed by atoms with Crippen LogP contribution in [0.25, 0.3) is 16.6 Å². The van der Waals surface area contributed by atoms with Gasteiger partial charge in [0.2, 0.25) is 0 Å². The summed E-state index contributed by atoms with van der Waals surface area (Å²) < 4.78 is 26.0. The van der Waals surface area contributed by atoms with Gasteiger partial charge in [0, 0.05) is 11.8 Å². The molecule has 0 unspecified atom stereocenters. The zero-order valence-electron chi connectivity index (χ0n) is 15.5. The molecule has 1 aromatic heterocycles. The molecule has 0 atom stereocenters. The van der Waals surface area contributed by atoms with Crippen LogP contribution in [0.15, 0.2) is 72.9 Å². The lowest BCUT2D eigenvalue weighted by atomic mass is 10.1. The molecule has 141 valence electrons. The monoisotopic (exact) mass is 375 g/mol. The quantitative estimate of drug-likeness (QED) is 0.427. The van der Waals surface area contributed by atoms with Crippen LogP contribution in [0.2, 0.25) is 0 Å². The normalized spacial score (nSPS) is 10.9. The van der Waals surface area contributed by atoms with Crippen LogP contribution in [-0.4, -0.2) is 23.5 Å². The molecular weight excluding hydrogens is 355 g/mol. The Morgan fingerprint density at radius 3 is 2.68 bits per heavy atom. The molecule has 0 aliphatic rings. The van der Waals surface area contributed by atoms with E-state index in [9.17, 15) is 4.39 Å².